The summed E-state index contributed by atoms with van der Waals surface area (Å²) in [6.45, 7) is 0.834. The monoisotopic (exact) mass is 494 g/mol. The first-order chi connectivity index (χ1) is 15.6. The van der Waals surface area contributed by atoms with Gasteiger partial charge in [0.1, 0.15) is 18.9 Å². The van der Waals surface area contributed by atoms with Crippen LogP contribution in [-0.2, 0) is 17.5 Å². The minimum atomic E-state index is -4.52. The van der Waals surface area contributed by atoms with E-state index in [-0.39, 0.29) is 35.9 Å². The lowest BCUT2D eigenvalue weighted by atomic mass is 9.92. The molecule has 2 aromatic rings. The van der Waals surface area contributed by atoms with Gasteiger partial charge in [0.05, 0.1) is 31.3 Å². The lowest BCUT2D eigenvalue weighted by Crippen LogP contribution is -3.00. The van der Waals surface area contributed by atoms with E-state index < -0.39 is 17.6 Å². The van der Waals surface area contributed by atoms with E-state index in [0.717, 1.165) is 17.1 Å². The summed E-state index contributed by atoms with van der Waals surface area (Å²) in [5.74, 6) is -0.340. The van der Waals surface area contributed by atoms with Crippen LogP contribution in [0.2, 0.25) is 0 Å². The smallest absolute Gasteiger partial charge is 0.417 e. The molecule has 1 amide bonds. The number of fused-ring (bicyclic) bond motifs is 1. The normalized spacial score (nSPS) is 16.6. The van der Waals surface area contributed by atoms with Crippen molar-refractivity contribution in [3.8, 4) is 5.75 Å². The van der Waals surface area contributed by atoms with Gasteiger partial charge in [0.25, 0.3) is 5.91 Å². The summed E-state index contributed by atoms with van der Waals surface area (Å²) in [5.41, 5.74) is 1.01. The van der Waals surface area contributed by atoms with Gasteiger partial charge in [-0.05, 0) is 56.0 Å². The second-order valence-corrected chi connectivity index (χ2v) is 9.55. The zero-order chi connectivity index (χ0) is 23.6. The third kappa shape index (κ3) is 5.94. The number of hydrogen-bond donors (Lipinski definition) is 1. The van der Waals surface area contributed by atoms with Crippen LogP contribution >= 0.6 is 0 Å². The van der Waals surface area contributed by atoms with Crippen molar-refractivity contribution >= 4 is 17.7 Å². The van der Waals surface area contributed by atoms with E-state index in [0.29, 0.717) is 11.7 Å². The largest absolute Gasteiger partial charge is 1.00 e. The molecule has 0 atom stereocenters. The molecule has 0 saturated heterocycles. The van der Waals surface area contributed by atoms with Crippen LogP contribution in [0.25, 0.3) is 6.08 Å². The van der Waals surface area contributed by atoms with Gasteiger partial charge in [0.2, 0.25) is 0 Å². The fraction of sp³-hybridized carbons (Fsp3) is 0.423. The minimum Gasteiger partial charge on any atom is -1.00 e. The topological polar surface area (TPSA) is 38.3 Å². The van der Waals surface area contributed by atoms with Crippen molar-refractivity contribution in [3.63, 3.8) is 0 Å². The first kappa shape index (κ1) is 26.1. The van der Waals surface area contributed by atoms with E-state index >= 15 is 0 Å². The number of amides is 1. The molecule has 1 N–H and O–H groups in total. The number of alkyl halides is 3. The van der Waals surface area contributed by atoms with Gasteiger partial charge in [-0.25, -0.2) is 0 Å². The minimum absolute atomic E-state index is 0. The van der Waals surface area contributed by atoms with Gasteiger partial charge in [0.15, 0.2) is 0 Å². The molecule has 4 rings (SSSR count). The summed E-state index contributed by atoms with van der Waals surface area (Å²) in [7, 11) is 4.54. The van der Waals surface area contributed by atoms with Crippen molar-refractivity contribution in [2.24, 2.45) is 0 Å². The van der Waals surface area contributed by atoms with Gasteiger partial charge in [-0.2, -0.15) is 13.2 Å². The predicted octanol–water partition coefficient (Wildman–Crippen LogP) is 3.03. The Morgan fingerprint density at radius 3 is 2.38 bits per heavy atom. The first-order valence-corrected chi connectivity index (χ1v) is 11.4. The highest BCUT2D eigenvalue weighted by Gasteiger charge is 2.35. The highest BCUT2D eigenvalue weighted by molar-refractivity contribution is 6.07. The molecule has 2 aliphatic rings. The Morgan fingerprint density at radius 2 is 1.74 bits per heavy atom. The van der Waals surface area contributed by atoms with Gasteiger partial charge in [-0.15, -0.1) is 0 Å². The highest BCUT2D eigenvalue weighted by atomic mass is 35.5. The Morgan fingerprint density at radius 1 is 1.06 bits per heavy atom. The van der Waals surface area contributed by atoms with Crippen LogP contribution in [-0.4, -0.2) is 37.1 Å². The van der Waals surface area contributed by atoms with Crippen molar-refractivity contribution < 1.29 is 39.6 Å². The number of carbonyl (C=O) groups is 1. The van der Waals surface area contributed by atoms with Crippen molar-refractivity contribution in [1.29, 1.82) is 0 Å². The molecule has 1 aliphatic carbocycles. The van der Waals surface area contributed by atoms with E-state index in [9.17, 15) is 18.0 Å². The Balaban J connectivity index is 0.00000324. The second kappa shape index (κ2) is 10.4. The number of nitrogens with one attached hydrogen (secondary N) is 1. The summed E-state index contributed by atoms with van der Waals surface area (Å²) in [6.07, 6.45) is 3.20. The fourth-order valence-electron chi connectivity index (χ4n) is 4.85. The van der Waals surface area contributed by atoms with Crippen LogP contribution in [0.5, 0.6) is 5.75 Å². The van der Waals surface area contributed by atoms with Crippen molar-refractivity contribution in [3.05, 3.63) is 64.7 Å². The van der Waals surface area contributed by atoms with Gasteiger partial charge in [-0.1, -0.05) is 24.6 Å². The molecule has 8 heteroatoms. The van der Waals surface area contributed by atoms with Gasteiger partial charge in [-0.3, -0.25) is 4.79 Å². The maximum absolute atomic E-state index is 13.3. The standard InChI is InChI=1S/C26H29F3N2O2.ClH/c1-31(2,21-7-4-3-5-8-21)16-18-11-13-20(14-12-18)30-25(32)19-15-22-23(26(27,28)29)9-6-10-24(22)33-17-19;/h6,9-15,21H,3-5,7-8,16-17H2,1-2H3;1H. The lowest BCUT2D eigenvalue weighted by molar-refractivity contribution is -0.929. The zero-order valence-corrected chi connectivity index (χ0v) is 20.2. The molecule has 1 heterocycles. The molecule has 184 valence electrons. The molecular formula is C26H30ClF3N2O2. The quantitative estimate of drug-likeness (QED) is 0.649. The predicted molar refractivity (Wildman–Crippen MR) is 123 cm³/mol. The number of hydrogen-bond acceptors (Lipinski definition) is 2. The maximum Gasteiger partial charge on any atom is 0.417 e. The second-order valence-electron chi connectivity index (χ2n) is 9.55. The zero-order valence-electron chi connectivity index (χ0n) is 19.4. The Labute approximate surface area is 204 Å². The molecule has 34 heavy (non-hydrogen) atoms. The molecule has 0 aromatic heterocycles. The summed E-state index contributed by atoms with van der Waals surface area (Å²) in [6, 6.07) is 12.1. The first-order valence-electron chi connectivity index (χ1n) is 11.4. The molecule has 1 aliphatic heterocycles. The van der Waals surface area contributed by atoms with Gasteiger partial charge < -0.3 is 26.9 Å². The van der Waals surface area contributed by atoms with Crippen LogP contribution < -0.4 is 22.5 Å². The van der Waals surface area contributed by atoms with E-state index in [1.165, 1.54) is 55.9 Å². The third-order valence-corrected chi connectivity index (χ3v) is 6.73. The average molecular weight is 495 g/mol. The maximum atomic E-state index is 13.3. The SMILES string of the molecule is C[N+](C)(Cc1ccc(NC(=O)C2=Cc3c(cccc3C(F)(F)F)OC2)cc1)C1CCCCC1.[Cl-]. The van der Waals surface area contributed by atoms with Crippen LogP contribution in [0.3, 0.4) is 0 Å². The van der Waals surface area contributed by atoms with Gasteiger partial charge in [0, 0.05) is 16.8 Å². The molecule has 0 spiro atoms. The Kier molecular flexibility index (Phi) is 7.98. The number of anilines is 1. The van der Waals surface area contributed by atoms with E-state index in [1.54, 1.807) is 0 Å². The molecule has 4 nitrogen and oxygen atoms in total. The van der Waals surface area contributed by atoms with E-state index in [1.807, 2.05) is 24.3 Å². The fourth-order valence-corrected chi connectivity index (χ4v) is 4.85. The molecule has 1 saturated carbocycles. The number of halogens is 4. The van der Waals surface area contributed by atoms with E-state index in [2.05, 4.69) is 19.4 Å². The molecule has 2 aromatic carbocycles. The number of rotatable bonds is 5. The Bertz CT molecular complexity index is 1040. The summed E-state index contributed by atoms with van der Waals surface area (Å²) >= 11 is 0. The summed E-state index contributed by atoms with van der Waals surface area (Å²) in [5, 5.41) is 2.78. The van der Waals surface area contributed by atoms with Gasteiger partial charge >= 0.3 is 6.18 Å². The number of quaternary nitrogens is 1. The highest BCUT2D eigenvalue weighted by Crippen LogP contribution is 2.39. The number of benzene rings is 2. The molecule has 0 radical (unpaired) electrons. The van der Waals surface area contributed by atoms with Crippen LogP contribution in [0, 0.1) is 0 Å². The van der Waals surface area contributed by atoms with Crippen LogP contribution in [0.4, 0.5) is 18.9 Å². The summed E-state index contributed by atoms with van der Waals surface area (Å²) < 4.78 is 46.4. The molecular weight excluding hydrogens is 465 g/mol. The number of carbonyl (C=O) groups excluding carboxylic acids is 1. The summed E-state index contributed by atoms with van der Waals surface area (Å²) in [4.78, 5) is 12.7. The third-order valence-electron chi connectivity index (χ3n) is 6.73. The van der Waals surface area contributed by atoms with E-state index in [4.69, 9.17) is 4.74 Å². The van der Waals surface area contributed by atoms with Crippen molar-refractivity contribution in [2.45, 2.75) is 50.9 Å². The molecule has 0 unspecified atom stereocenters. The van der Waals surface area contributed by atoms with Crippen LogP contribution in [0.1, 0.15) is 48.8 Å². The average Bonchev–Trinajstić information content (AvgIpc) is 2.79. The molecule has 1 fully saturated rings. The number of ether oxygens (including phenoxy) is 1. The number of nitrogens with zero attached hydrogens (tertiary/aromatic N) is 1. The van der Waals surface area contributed by atoms with Crippen LogP contribution in [0.15, 0.2) is 48.0 Å². The Hall–Kier alpha value is -2.51. The lowest BCUT2D eigenvalue weighted by Gasteiger charge is -2.40. The molecule has 0 bridgehead atoms. The van der Waals surface area contributed by atoms with Crippen molar-refractivity contribution in [1.82, 2.24) is 0 Å². The van der Waals surface area contributed by atoms with Crippen molar-refractivity contribution in [2.75, 3.05) is 26.0 Å².